The van der Waals surface area contributed by atoms with Gasteiger partial charge in [0.2, 0.25) is 0 Å². The van der Waals surface area contributed by atoms with Crippen LogP contribution in [-0.4, -0.2) is 40.0 Å². The van der Waals surface area contributed by atoms with E-state index in [-0.39, 0.29) is 16.6 Å². The van der Waals surface area contributed by atoms with Gasteiger partial charge >= 0.3 is 0 Å². The number of benzene rings is 4. The van der Waals surface area contributed by atoms with Gasteiger partial charge in [-0.05, 0) is 96.1 Å². The molecule has 1 unspecified atom stereocenters. The number of rotatable bonds is 3. The first-order chi connectivity index (χ1) is 21.2. The molecule has 1 heterocycles. The molecule has 1 atom stereocenters. The van der Waals surface area contributed by atoms with E-state index in [9.17, 15) is 0 Å². The molecule has 5 rings (SSSR count). The molecule has 1 aliphatic rings. The maximum absolute atomic E-state index is 9.02. The van der Waals surface area contributed by atoms with Gasteiger partial charge in [-0.2, -0.15) is 9.12 Å². The summed E-state index contributed by atoms with van der Waals surface area (Å²) in [6.07, 6.45) is 0. The molecule has 4 aromatic carbocycles. The maximum atomic E-state index is 9.02. The van der Waals surface area contributed by atoms with Crippen molar-refractivity contribution in [3.8, 4) is 28.7 Å². The lowest BCUT2D eigenvalue weighted by atomic mass is 9.86. The van der Waals surface area contributed by atoms with Gasteiger partial charge in [0.25, 0.3) is 0 Å². The largest absolute Gasteiger partial charge is 0.508 e. The van der Waals surface area contributed by atoms with Crippen LogP contribution in [0.15, 0.2) is 91.0 Å². The van der Waals surface area contributed by atoms with Crippen LogP contribution in [0.1, 0.15) is 58.2 Å². The summed E-state index contributed by atoms with van der Waals surface area (Å²) >= 11 is 0. The fourth-order valence-corrected chi connectivity index (χ4v) is 4.21. The lowest BCUT2D eigenvalue weighted by molar-refractivity contribution is 0.289. The van der Waals surface area contributed by atoms with Gasteiger partial charge in [-0.3, -0.25) is 0 Å². The Labute approximate surface area is 268 Å². The lowest BCUT2D eigenvalue weighted by Gasteiger charge is -2.32. The van der Waals surface area contributed by atoms with Crippen LogP contribution >= 0.6 is 9.12 Å². The first kappa shape index (κ1) is 34.7. The number of fused-ring (bicyclic) bond motifs is 1. The Hall–Kier alpha value is -3.83. The van der Waals surface area contributed by atoms with Crippen LogP contribution in [0.5, 0.6) is 28.7 Å². The third kappa shape index (κ3) is 11.4. The number of nitrogens with zero attached hydrogens (tertiary/aromatic N) is 1. The Morgan fingerprint density at radius 3 is 1.61 bits per heavy atom. The highest BCUT2D eigenvalue weighted by Gasteiger charge is 2.21. The second-order valence-corrected chi connectivity index (χ2v) is 12.2. The summed E-state index contributed by atoms with van der Waals surface area (Å²) in [5, 5.41) is 17.8. The number of aromatic hydroxyl groups is 2. The number of phenolic OH excluding ortho intramolecular Hbond substituents is 2. The number of anilines is 1. The summed E-state index contributed by atoms with van der Waals surface area (Å²) in [6, 6.07) is 28.6. The molecule has 0 fully saturated rings. The van der Waals surface area contributed by atoms with E-state index in [0.29, 0.717) is 12.5 Å². The highest BCUT2D eigenvalue weighted by Crippen LogP contribution is 2.33. The van der Waals surface area contributed by atoms with Crippen molar-refractivity contribution in [2.45, 2.75) is 58.9 Å². The quantitative estimate of drug-likeness (QED) is 0.179. The van der Waals surface area contributed by atoms with Crippen LogP contribution in [0.3, 0.4) is 0 Å². The van der Waals surface area contributed by atoms with E-state index in [0.717, 1.165) is 29.5 Å². The average Bonchev–Trinajstić information content (AvgIpc) is 3.01. The molecule has 8 heteroatoms. The van der Waals surface area contributed by atoms with Crippen LogP contribution in [0.4, 0.5) is 5.69 Å². The van der Waals surface area contributed by atoms with E-state index < -0.39 is 0 Å². The predicted octanol–water partition coefficient (Wildman–Crippen LogP) is 8.12. The molecule has 0 spiro atoms. The fourth-order valence-electron chi connectivity index (χ4n) is 4.21. The second-order valence-electron chi connectivity index (χ2n) is 12.2. The van der Waals surface area contributed by atoms with Crippen molar-refractivity contribution >= 4 is 22.3 Å². The highest BCUT2D eigenvalue weighted by molar-refractivity contribution is 7.49. The van der Waals surface area contributed by atoms with Gasteiger partial charge in [-0.1, -0.05) is 59.7 Å². The molecule has 44 heavy (non-hydrogen) atoms. The molecule has 2 N–H and O–H groups in total. The monoisotopic (exact) mass is 618 g/mol. The van der Waals surface area contributed by atoms with E-state index in [2.05, 4.69) is 85.9 Å². The Morgan fingerprint density at radius 1 is 0.727 bits per heavy atom. The topological polar surface area (TPSA) is 71.4 Å². The third-order valence-corrected chi connectivity index (χ3v) is 6.91. The van der Waals surface area contributed by atoms with Crippen molar-refractivity contribution in [2.24, 2.45) is 0 Å². The zero-order valence-electron chi connectivity index (χ0n) is 28.3. The van der Waals surface area contributed by atoms with Crippen molar-refractivity contribution in [2.75, 3.05) is 25.9 Å². The zero-order chi connectivity index (χ0) is 33.6. The normalized spacial score (nSPS) is 12.2. The SMILES string of the molecule is CC(C)(C)c1ccc(O)cc1.COc1ccc(N2COc3ccc(C(C)(C)C)cc3C2)cc1.COc1ccc(O)cc1.[3H][B]P. The first-order valence-electron chi connectivity index (χ1n) is 15.0. The number of phenols is 2. The molecule has 0 amide bonds. The Bertz CT molecular complexity index is 1420. The standard InChI is InChI=1S/C19H23NO2.C10H14O.C7H8O2.BH3P/c1-19(2,3)15-5-10-18-14(11-15)12-20(13-22-18)16-6-8-17(21-4)9-7-16;1-10(2,3)8-4-6-9(11)7-5-8;1-9-7-4-2-6(8)3-5-7;1-2/h5-11H,12-13H2,1-4H3;4-7,11H,1-3H3;2-5,8H,1H3;1H,2H2/i;;;1T. The second kappa shape index (κ2) is 16.9. The highest BCUT2D eigenvalue weighted by atomic mass is 31.0. The Balaban J connectivity index is 0.000000255. The van der Waals surface area contributed by atoms with E-state index in [1.807, 2.05) is 24.3 Å². The van der Waals surface area contributed by atoms with E-state index in [4.69, 9.17) is 25.8 Å². The van der Waals surface area contributed by atoms with Crippen LogP contribution in [0.25, 0.3) is 0 Å². The van der Waals surface area contributed by atoms with E-state index in [1.54, 1.807) is 50.6 Å². The molecular formula is C36H48BNO5P. The Kier molecular flexibility index (Phi) is 13.3. The summed E-state index contributed by atoms with van der Waals surface area (Å²) in [4.78, 5) is 2.23. The van der Waals surface area contributed by atoms with E-state index >= 15 is 0 Å². The van der Waals surface area contributed by atoms with Crippen LogP contribution < -0.4 is 19.1 Å². The molecule has 0 bridgehead atoms. The van der Waals surface area contributed by atoms with Crippen LogP contribution in [-0.2, 0) is 17.4 Å². The van der Waals surface area contributed by atoms with Crippen molar-refractivity contribution in [3.05, 3.63) is 108 Å². The average molecular weight is 619 g/mol. The molecule has 6 nitrogen and oxygen atoms in total. The predicted molar refractivity (Wildman–Crippen MR) is 188 cm³/mol. The summed E-state index contributed by atoms with van der Waals surface area (Å²) in [5.74, 6) is 3.22. The van der Waals surface area contributed by atoms with Crippen molar-refractivity contribution < 1.29 is 24.4 Å². The number of ether oxygens (including phenoxy) is 3. The molecule has 0 saturated carbocycles. The first-order valence-corrected chi connectivity index (χ1v) is 15.1. The molecule has 1 radical (unpaired) electrons. The van der Waals surface area contributed by atoms with E-state index in [1.165, 1.54) is 24.2 Å². The number of hydrogen-bond donors (Lipinski definition) is 2. The van der Waals surface area contributed by atoms with Crippen molar-refractivity contribution in [1.29, 1.82) is 1.34 Å². The maximum Gasteiger partial charge on any atom is 0.161 e. The number of hydrogen-bond acceptors (Lipinski definition) is 6. The van der Waals surface area contributed by atoms with Gasteiger partial charge in [0.1, 0.15) is 36.3 Å². The number of methoxy groups -OCH3 is 2. The summed E-state index contributed by atoms with van der Waals surface area (Å²) in [6.45, 7) is 14.6. The third-order valence-electron chi connectivity index (χ3n) is 6.91. The Morgan fingerprint density at radius 2 is 1.16 bits per heavy atom. The van der Waals surface area contributed by atoms with Crippen molar-refractivity contribution in [3.63, 3.8) is 0 Å². The summed E-state index contributed by atoms with van der Waals surface area (Å²) < 4.78 is 22.0. The summed E-state index contributed by atoms with van der Waals surface area (Å²) in [5.41, 5.74) is 5.30. The lowest BCUT2D eigenvalue weighted by Crippen LogP contribution is -2.32. The zero-order valence-corrected chi connectivity index (χ0v) is 28.5. The van der Waals surface area contributed by atoms with Crippen LogP contribution in [0, 0.1) is 0 Å². The van der Waals surface area contributed by atoms with Gasteiger partial charge in [0.05, 0.1) is 14.2 Å². The van der Waals surface area contributed by atoms with Gasteiger partial charge < -0.3 is 29.3 Å². The van der Waals surface area contributed by atoms with Crippen LogP contribution in [0.2, 0.25) is 0 Å². The minimum absolute atomic E-state index is 0.150. The molecule has 0 aromatic heterocycles. The van der Waals surface area contributed by atoms with Gasteiger partial charge in [0, 0.05) is 17.8 Å². The van der Waals surface area contributed by atoms with Crippen molar-refractivity contribution in [1.82, 2.24) is 0 Å². The molecule has 4 aromatic rings. The molecular weight excluding hydrogens is 568 g/mol. The molecule has 235 valence electrons. The van der Waals surface area contributed by atoms with Gasteiger partial charge in [0.15, 0.2) is 6.73 Å². The summed E-state index contributed by atoms with van der Waals surface area (Å²) in [7, 11) is 6.56. The smallest absolute Gasteiger partial charge is 0.161 e. The molecule has 1 aliphatic heterocycles. The molecule has 0 aliphatic carbocycles. The van der Waals surface area contributed by atoms with Gasteiger partial charge in [-0.25, -0.2) is 0 Å². The fraction of sp³-hybridized carbons (Fsp3) is 0.333. The minimum atomic E-state index is 0.150. The molecule has 0 saturated heterocycles. The minimum Gasteiger partial charge on any atom is -0.508 e. The van der Waals surface area contributed by atoms with Gasteiger partial charge in [-0.15, -0.1) is 0 Å².